The van der Waals surface area contributed by atoms with Gasteiger partial charge in [-0.25, -0.2) is 8.42 Å². The molecule has 8 heteroatoms. The fourth-order valence-electron chi connectivity index (χ4n) is 4.37. The van der Waals surface area contributed by atoms with Gasteiger partial charge in [-0.2, -0.15) is 0 Å². The van der Waals surface area contributed by atoms with Crippen LogP contribution in [-0.4, -0.2) is 19.9 Å². The van der Waals surface area contributed by atoms with Crippen molar-refractivity contribution in [2.75, 3.05) is 11.3 Å². The lowest BCUT2D eigenvalue weighted by Crippen LogP contribution is -2.27. The molecule has 0 radical (unpaired) electrons. The van der Waals surface area contributed by atoms with Crippen LogP contribution in [0.2, 0.25) is 0 Å². The summed E-state index contributed by atoms with van der Waals surface area (Å²) in [6.07, 6.45) is 6.68. The number of hydrogen-bond acceptors (Lipinski definition) is 5. The minimum Gasteiger partial charge on any atom is -0.312 e. The highest BCUT2D eigenvalue weighted by Crippen LogP contribution is 2.29. The number of anilines is 1. The highest BCUT2D eigenvalue weighted by molar-refractivity contribution is 7.92. The summed E-state index contributed by atoms with van der Waals surface area (Å²) in [7, 11) is -3.76. The molecule has 0 amide bonds. The first-order valence-corrected chi connectivity index (χ1v) is 13.2. The van der Waals surface area contributed by atoms with Gasteiger partial charge in [0.05, 0.1) is 20.8 Å². The fourth-order valence-corrected chi connectivity index (χ4v) is 6.35. The number of nitrogens with one attached hydrogen (secondary N) is 3. The van der Waals surface area contributed by atoms with Crippen molar-refractivity contribution in [3.63, 3.8) is 0 Å². The van der Waals surface area contributed by atoms with Gasteiger partial charge < -0.3 is 10.3 Å². The summed E-state index contributed by atoms with van der Waals surface area (Å²) in [4.78, 5) is 14.2. The van der Waals surface area contributed by atoms with Gasteiger partial charge in [0.1, 0.15) is 0 Å². The molecule has 1 unspecified atom stereocenters. The van der Waals surface area contributed by atoms with Crippen molar-refractivity contribution in [1.29, 1.82) is 0 Å². The molecule has 4 rings (SSSR count). The highest BCUT2D eigenvalue weighted by Gasteiger charge is 2.20. The zero-order valence-corrected chi connectivity index (χ0v) is 19.3. The Bertz CT molecular complexity index is 1190. The molecular formula is C23H29N3O3S2. The summed E-state index contributed by atoms with van der Waals surface area (Å²) in [5, 5.41) is 3.52. The number of hydrogen-bond donors (Lipinski definition) is 3. The maximum atomic E-state index is 13.0. The Morgan fingerprint density at radius 2 is 1.90 bits per heavy atom. The summed E-state index contributed by atoms with van der Waals surface area (Å²) < 4.78 is 29.3. The normalized spacial score (nSPS) is 16.4. The number of aromatic nitrogens is 1. The van der Waals surface area contributed by atoms with E-state index in [1.165, 1.54) is 44.2 Å². The minimum atomic E-state index is -3.76. The van der Waals surface area contributed by atoms with Crippen molar-refractivity contribution in [3.05, 3.63) is 57.7 Å². The van der Waals surface area contributed by atoms with Crippen LogP contribution in [0.5, 0.6) is 0 Å². The second kappa shape index (κ2) is 9.54. The Morgan fingerprint density at radius 3 is 2.71 bits per heavy atom. The van der Waals surface area contributed by atoms with E-state index in [4.69, 9.17) is 0 Å². The summed E-state index contributed by atoms with van der Waals surface area (Å²) in [5.74, 6) is 1.40. The minimum absolute atomic E-state index is 0.143. The van der Waals surface area contributed by atoms with Crippen LogP contribution in [0.4, 0.5) is 5.69 Å². The van der Waals surface area contributed by atoms with Crippen LogP contribution in [0.3, 0.4) is 0 Å². The predicted molar refractivity (Wildman–Crippen MR) is 127 cm³/mol. The van der Waals surface area contributed by atoms with Crippen LogP contribution in [0, 0.1) is 11.8 Å². The van der Waals surface area contributed by atoms with Crippen molar-refractivity contribution in [1.82, 2.24) is 10.3 Å². The van der Waals surface area contributed by atoms with Gasteiger partial charge in [0.2, 0.25) is 0 Å². The first kappa shape index (κ1) is 22.0. The Morgan fingerprint density at radius 1 is 1.13 bits per heavy atom. The van der Waals surface area contributed by atoms with Crippen LogP contribution in [0.1, 0.15) is 44.6 Å². The molecule has 1 aromatic heterocycles. The third-order valence-electron chi connectivity index (χ3n) is 6.20. The SMILES string of the molecule is CC(CNCc1ccccc1NS(=O)(=O)c1ccc2[nH]c(=O)sc2c1)C1CCCCC1. The molecule has 0 saturated heterocycles. The molecule has 2 aromatic carbocycles. The van der Waals surface area contributed by atoms with Gasteiger partial charge in [0.25, 0.3) is 10.0 Å². The molecule has 3 aromatic rings. The van der Waals surface area contributed by atoms with E-state index in [1.54, 1.807) is 12.1 Å². The lowest BCUT2D eigenvalue weighted by molar-refractivity contribution is 0.256. The number of para-hydroxylation sites is 1. The lowest BCUT2D eigenvalue weighted by atomic mass is 9.81. The fraction of sp³-hybridized carbons (Fsp3) is 0.435. The number of benzene rings is 2. The third-order valence-corrected chi connectivity index (χ3v) is 8.41. The molecule has 3 N–H and O–H groups in total. The van der Waals surface area contributed by atoms with E-state index in [-0.39, 0.29) is 9.77 Å². The second-order valence-electron chi connectivity index (χ2n) is 8.44. The lowest BCUT2D eigenvalue weighted by Gasteiger charge is -2.28. The van der Waals surface area contributed by atoms with E-state index < -0.39 is 10.0 Å². The van der Waals surface area contributed by atoms with Gasteiger partial charge in [-0.1, -0.05) is 68.6 Å². The second-order valence-corrected chi connectivity index (χ2v) is 11.1. The Hall–Kier alpha value is -2.16. The van der Waals surface area contributed by atoms with Gasteiger partial charge in [-0.05, 0) is 48.2 Å². The molecule has 6 nitrogen and oxygen atoms in total. The van der Waals surface area contributed by atoms with Crippen molar-refractivity contribution in [2.45, 2.75) is 50.5 Å². The van der Waals surface area contributed by atoms with Gasteiger partial charge in [-0.15, -0.1) is 0 Å². The van der Waals surface area contributed by atoms with E-state index >= 15 is 0 Å². The van der Waals surface area contributed by atoms with Crippen LogP contribution in [-0.2, 0) is 16.6 Å². The summed E-state index contributed by atoms with van der Waals surface area (Å²) in [6.45, 7) is 3.84. The average molecular weight is 460 g/mol. The molecule has 0 bridgehead atoms. The summed E-state index contributed by atoms with van der Waals surface area (Å²) >= 11 is 1.00. The largest absolute Gasteiger partial charge is 0.312 e. The van der Waals surface area contributed by atoms with E-state index in [9.17, 15) is 13.2 Å². The van der Waals surface area contributed by atoms with Gasteiger partial charge in [0, 0.05) is 6.54 Å². The topological polar surface area (TPSA) is 91.1 Å². The number of H-pyrrole nitrogens is 1. The van der Waals surface area contributed by atoms with Gasteiger partial charge in [0.15, 0.2) is 0 Å². The number of rotatable bonds is 8. The zero-order chi connectivity index (χ0) is 21.8. The van der Waals surface area contributed by atoms with Crippen molar-refractivity contribution >= 4 is 37.3 Å². The average Bonchev–Trinajstić information content (AvgIpc) is 3.14. The summed E-state index contributed by atoms with van der Waals surface area (Å²) in [6, 6.07) is 12.1. The molecule has 166 valence electrons. The maximum Gasteiger partial charge on any atom is 0.305 e. The highest BCUT2D eigenvalue weighted by atomic mass is 32.2. The van der Waals surface area contributed by atoms with Crippen LogP contribution < -0.4 is 14.9 Å². The van der Waals surface area contributed by atoms with Gasteiger partial charge >= 0.3 is 4.87 Å². The quantitative estimate of drug-likeness (QED) is 0.455. The molecule has 1 fully saturated rings. The molecule has 1 atom stereocenters. The molecular weight excluding hydrogens is 430 g/mol. The van der Waals surface area contributed by atoms with Crippen molar-refractivity contribution in [2.24, 2.45) is 11.8 Å². The summed E-state index contributed by atoms with van der Waals surface area (Å²) in [5.41, 5.74) is 2.13. The third kappa shape index (κ3) is 5.37. The van der Waals surface area contributed by atoms with Gasteiger partial charge in [-0.3, -0.25) is 9.52 Å². The van der Waals surface area contributed by atoms with E-state index in [2.05, 4.69) is 21.9 Å². The van der Waals surface area contributed by atoms with Crippen molar-refractivity contribution < 1.29 is 8.42 Å². The first-order chi connectivity index (χ1) is 14.9. The van der Waals surface area contributed by atoms with E-state index in [0.29, 0.717) is 28.4 Å². The zero-order valence-electron chi connectivity index (χ0n) is 17.7. The monoisotopic (exact) mass is 459 g/mol. The van der Waals surface area contributed by atoms with Crippen LogP contribution >= 0.6 is 11.3 Å². The molecule has 1 aliphatic rings. The van der Waals surface area contributed by atoms with E-state index in [0.717, 1.165) is 29.4 Å². The smallest absolute Gasteiger partial charge is 0.305 e. The standard InChI is InChI=1S/C23H29N3O3S2/c1-16(17-7-3-2-4-8-17)14-24-15-18-9-5-6-10-20(18)26-31(28,29)19-11-12-21-22(13-19)30-23(27)25-21/h5-6,9-13,16-17,24,26H,2-4,7-8,14-15H2,1H3,(H,25,27). The number of aromatic amines is 1. The molecule has 1 saturated carbocycles. The molecule has 31 heavy (non-hydrogen) atoms. The molecule has 0 spiro atoms. The molecule has 0 aliphatic heterocycles. The first-order valence-electron chi connectivity index (χ1n) is 10.9. The Kier molecular flexibility index (Phi) is 6.79. The van der Waals surface area contributed by atoms with Crippen LogP contribution in [0.15, 0.2) is 52.2 Å². The number of fused-ring (bicyclic) bond motifs is 1. The van der Waals surface area contributed by atoms with Crippen LogP contribution in [0.25, 0.3) is 10.2 Å². The maximum absolute atomic E-state index is 13.0. The molecule has 1 aliphatic carbocycles. The number of sulfonamides is 1. The molecule has 1 heterocycles. The van der Waals surface area contributed by atoms with E-state index in [1.807, 2.05) is 18.2 Å². The predicted octanol–water partition coefficient (Wildman–Crippen LogP) is 4.70. The Labute approximate surface area is 187 Å². The number of thiazole rings is 1. The van der Waals surface area contributed by atoms with Crippen molar-refractivity contribution in [3.8, 4) is 0 Å². The Balaban J connectivity index is 1.44.